The number of benzene rings is 1. The van der Waals surface area contributed by atoms with Gasteiger partial charge in [-0.2, -0.15) is 0 Å². The molecular weight excluding hydrogens is 289 g/mol. The van der Waals surface area contributed by atoms with Crippen molar-refractivity contribution >= 4 is 17.5 Å². The van der Waals surface area contributed by atoms with Gasteiger partial charge in [-0.1, -0.05) is 12.1 Å². The van der Waals surface area contributed by atoms with Crippen molar-refractivity contribution in [3.63, 3.8) is 0 Å². The molecule has 0 radical (unpaired) electrons. The van der Waals surface area contributed by atoms with Crippen molar-refractivity contribution in [2.45, 2.75) is 24.8 Å². The Balaban J connectivity index is 2.02. The van der Waals surface area contributed by atoms with E-state index >= 15 is 0 Å². The van der Waals surface area contributed by atoms with Gasteiger partial charge < -0.3 is 4.74 Å². The number of nitrogens with zero attached hydrogens (tertiary/aromatic N) is 1. The van der Waals surface area contributed by atoms with Gasteiger partial charge in [-0.25, -0.2) is 4.39 Å². The van der Waals surface area contributed by atoms with E-state index in [0.717, 1.165) is 0 Å². The molecule has 1 aromatic heterocycles. The van der Waals surface area contributed by atoms with Crippen LogP contribution in [0, 0.1) is 5.82 Å². The minimum absolute atomic E-state index is 0.0185. The normalized spacial score (nSPS) is 10.7. The molecule has 0 amide bonds. The zero-order chi connectivity index (χ0) is 15.2. The summed E-state index contributed by atoms with van der Waals surface area (Å²) >= 11 is 1.18. The summed E-state index contributed by atoms with van der Waals surface area (Å²) in [5.74, 6) is 0.301. The Labute approximate surface area is 127 Å². The molecule has 1 heterocycles. The van der Waals surface area contributed by atoms with E-state index in [4.69, 9.17) is 4.74 Å². The maximum absolute atomic E-state index is 13.5. The lowest BCUT2D eigenvalue weighted by atomic mass is 10.2. The van der Waals surface area contributed by atoms with Gasteiger partial charge in [-0.15, -0.1) is 11.8 Å². The third-order valence-corrected chi connectivity index (χ3v) is 3.65. The molecule has 2 aromatic rings. The van der Waals surface area contributed by atoms with E-state index in [1.54, 1.807) is 30.5 Å². The maximum atomic E-state index is 13.5. The Morgan fingerprint density at radius 2 is 2.10 bits per heavy atom. The van der Waals surface area contributed by atoms with E-state index in [1.165, 1.54) is 24.0 Å². The van der Waals surface area contributed by atoms with Crippen LogP contribution in [0.25, 0.3) is 0 Å². The molecule has 0 aliphatic heterocycles. The molecule has 0 atom stereocenters. The van der Waals surface area contributed by atoms with Crippen LogP contribution in [-0.2, 0) is 0 Å². The number of carbonyl (C=O) groups is 1. The first-order valence-electron chi connectivity index (χ1n) is 6.58. The average molecular weight is 305 g/mol. The molecular formula is C16H16FNO2S. The summed E-state index contributed by atoms with van der Waals surface area (Å²) < 4.78 is 19.0. The predicted molar refractivity (Wildman–Crippen MR) is 81.5 cm³/mol. The van der Waals surface area contributed by atoms with E-state index in [-0.39, 0.29) is 23.5 Å². The quantitative estimate of drug-likeness (QED) is 0.598. The minimum Gasteiger partial charge on any atom is -0.489 e. The van der Waals surface area contributed by atoms with Crippen molar-refractivity contribution in [2.24, 2.45) is 0 Å². The first-order chi connectivity index (χ1) is 10.1. The van der Waals surface area contributed by atoms with Crippen LogP contribution in [0.15, 0.2) is 47.6 Å². The van der Waals surface area contributed by atoms with Crippen molar-refractivity contribution in [3.8, 4) is 5.75 Å². The molecule has 0 unspecified atom stereocenters. The van der Waals surface area contributed by atoms with Crippen molar-refractivity contribution in [2.75, 3.05) is 5.75 Å². The summed E-state index contributed by atoms with van der Waals surface area (Å²) in [7, 11) is 0. The molecule has 0 aliphatic carbocycles. The van der Waals surface area contributed by atoms with E-state index in [1.807, 2.05) is 13.8 Å². The van der Waals surface area contributed by atoms with Crippen LogP contribution < -0.4 is 4.74 Å². The molecule has 1 aromatic carbocycles. The van der Waals surface area contributed by atoms with Crippen LogP contribution in [-0.4, -0.2) is 22.6 Å². The summed E-state index contributed by atoms with van der Waals surface area (Å²) in [6.45, 7) is 3.81. The first kappa shape index (κ1) is 15.5. The fourth-order valence-electron chi connectivity index (χ4n) is 1.70. The van der Waals surface area contributed by atoms with Crippen molar-refractivity contribution in [1.82, 2.24) is 4.98 Å². The predicted octanol–water partition coefficient (Wildman–Crippen LogP) is 3.98. The number of aromatic nitrogens is 1. The van der Waals surface area contributed by atoms with Crippen LogP contribution >= 0.6 is 11.8 Å². The Kier molecular flexibility index (Phi) is 5.33. The number of Topliss-reactive ketones (excluding diaryl/α,β-unsaturated/α-hetero) is 1. The molecule has 110 valence electrons. The molecule has 21 heavy (non-hydrogen) atoms. The standard InChI is InChI=1S/C16H16FNO2S/c1-11(2)20-13-7-12(8-18-9-13)15(19)10-21-16-6-4-3-5-14(16)17/h3-9,11H,10H2,1-2H3. The lowest BCUT2D eigenvalue weighted by molar-refractivity contribution is 0.102. The topological polar surface area (TPSA) is 39.2 Å². The number of thioether (sulfide) groups is 1. The second-order valence-corrected chi connectivity index (χ2v) is 5.74. The van der Waals surface area contributed by atoms with Crippen LogP contribution in [0.3, 0.4) is 0 Å². The highest BCUT2D eigenvalue weighted by atomic mass is 32.2. The molecule has 2 rings (SSSR count). The van der Waals surface area contributed by atoms with Gasteiger partial charge in [-0.3, -0.25) is 9.78 Å². The summed E-state index contributed by atoms with van der Waals surface area (Å²) in [5, 5.41) is 0. The molecule has 3 nitrogen and oxygen atoms in total. The fourth-order valence-corrected chi connectivity index (χ4v) is 2.53. The number of ether oxygens (including phenoxy) is 1. The molecule has 0 saturated carbocycles. The van der Waals surface area contributed by atoms with Crippen LogP contribution in [0.4, 0.5) is 4.39 Å². The Morgan fingerprint density at radius 3 is 2.81 bits per heavy atom. The molecule has 5 heteroatoms. The summed E-state index contributed by atoms with van der Waals surface area (Å²) in [6, 6.07) is 8.07. The zero-order valence-corrected chi connectivity index (χ0v) is 12.7. The SMILES string of the molecule is CC(C)Oc1cncc(C(=O)CSc2ccccc2F)c1. The zero-order valence-electron chi connectivity index (χ0n) is 11.9. The highest BCUT2D eigenvalue weighted by Gasteiger charge is 2.10. The Bertz CT molecular complexity index is 631. The fraction of sp³-hybridized carbons (Fsp3) is 0.250. The number of carbonyl (C=O) groups excluding carboxylic acids is 1. The summed E-state index contributed by atoms with van der Waals surface area (Å²) in [5.41, 5.74) is 0.469. The van der Waals surface area contributed by atoms with E-state index < -0.39 is 0 Å². The van der Waals surface area contributed by atoms with Gasteiger partial charge in [0.25, 0.3) is 0 Å². The lowest BCUT2D eigenvalue weighted by Gasteiger charge is -2.10. The number of ketones is 1. The smallest absolute Gasteiger partial charge is 0.174 e. The first-order valence-corrected chi connectivity index (χ1v) is 7.57. The molecule has 0 bridgehead atoms. The minimum atomic E-state index is -0.315. The third-order valence-electron chi connectivity index (χ3n) is 2.60. The average Bonchev–Trinajstić information content (AvgIpc) is 2.45. The summed E-state index contributed by atoms with van der Waals surface area (Å²) in [4.78, 5) is 16.6. The van der Waals surface area contributed by atoms with Crippen molar-refractivity contribution in [1.29, 1.82) is 0 Å². The molecule has 0 N–H and O–H groups in total. The maximum Gasteiger partial charge on any atom is 0.174 e. The van der Waals surface area contributed by atoms with Crippen LogP contribution in [0.5, 0.6) is 5.75 Å². The van der Waals surface area contributed by atoms with Crippen molar-refractivity contribution < 1.29 is 13.9 Å². The Hall–Kier alpha value is -1.88. The number of halogens is 1. The van der Waals surface area contributed by atoms with Gasteiger partial charge in [0, 0.05) is 16.7 Å². The van der Waals surface area contributed by atoms with E-state index in [0.29, 0.717) is 16.2 Å². The highest BCUT2D eigenvalue weighted by Crippen LogP contribution is 2.23. The number of hydrogen-bond donors (Lipinski definition) is 0. The van der Waals surface area contributed by atoms with Gasteiger partial charge in [0.15, 0.2) is 5.78 Å². The van der Waals surface area contributed by atoms with Crippen molar-refractivity contribution in [3.05, 3.63) is 54.1 Å². The van der Waals surface area contributed by atoms with Crippen LogP contribution in [0.1, 0.15) is 24.2 Å². The molecule has 0 fully saturated rings. The summed E-state index contributed by atoms with van der Waals surface area (Å²) in [6.07, 6.45) is 3.09. The lowest BCUT2D eigenvalue weighted by Crippen LogP contribution is -2.08. The van der Waals surface area contributed by atoms with Gasteiger partial charge >= 0.3 is 0 Å². The van der Waals surface area contributed by atoms with Gasteiger partial charge in [-0.05, 0) is 32.0 Å². The monoisotopic (exact) mass is 305 g/mol. The third kappa shape index (κ3) is 4.56. The van der Waals surface area contributed by atoms with E-state index in [9.17, 15) is 9.18 Å². The highest BCUT2D eigenvalue weighted by molar-refractivity contribution is 8.00. The van der Waals surface area contributed by atoms with E-state index in [2.05, 4.69) is 4.98 Å². The van der Waals surface area contributed by atoms with Crippen LogP contribution in [0.2, 0.25) is 0 Å². The molecule has 0 saturated heterocycles. The number of rotatable bonds is 6. The number of hydrogen-bond acceptors (Lipinski definition) is 4. The van der Waals surface area contributed by atoms with Gasteiger partial charge in [0.2, 0.25) is 0 Å². The second-order valence-electron chi connectivity index (χ2n) is 4.72. The van der Waals surface area contributed by atoms with Gasteiger partial charge in [0.05, 0.1) is 18.1 Å². The Morgan fingerprint density at radius 1 is 1.33 bits per heavy atom. The second kappa shape index (κ2) is 7.22. The van der Waals surface area contributed by atoms with Gasteiger partial charge in [0.1, 0.15) is 11.6 Å². The number of pyridine rings is 1. The molecule has 0 spiro atoms. The largest absolute Gasteiger partial charge is 0.489 e. The molecule has 0 aliphatic rings.